The van der Waals surface area contributed by atoms with Crippen LogP contribution in [0.2, 0.25) is 0 Å². The lowest BCUT2D eigenvalue weighted by Gasteiger charge is -2.25. The summed E-state index contributed by atoms with van der Waals surface area (Å²) in [6.07, 6.45) is -1.32. The molecule has 8 heteroatoms. The molecule has 5 nitrogen and oxygen atoms in total. The van der Waals surface area contributed by atoms with E-state index in [0.29, 0.717) is 6.07 Å². The van der Waals surface area contributed by atoms with Gasteiger partial charge in [-0.05, 0) is 32.0 Å². The molecule has 2 amide bonds. The second-order valence-electron chi connectivity index (χ2n) is 7.11. The second kappa shape index (κ2) is 4.74. The molecular formula is C18H13F3N2O3. The number of imide groups is 1. The number of ether oxygens (including phenoxy) is 1. The lowest BCUT2D eigenvalue weighted by atomic mass is 9.73. The Morgan fingerprint density at radius 2 is 1.65 bits per heavy atom. The number of hydrogen-bond acceptors (Lipinski definition) is 4. The van der Waals surface area contributed by atoms with E-state index in [1.54, 1.807) is 26.0 Å². The van der Waals surface area contributed by atoms with Gasteiger partial charge in [0, 0.05) is 0 Å². The molecule has 0 radical (unpaired) electrons. The summed E-state index contributed by atoms with van der Waals surface area (Å²) in [4.78, 5) is 26.6. The van der Waals surface area contributed by atoms with Crippen LogP contribution in [0, 0.1) is 23.2 Å². The SMILES string of the molecule is C[C@]12C=C[C@](C)(O1)[C@@H]1C(=O)N(c3ccc(C#N)c(C(F)(F)F)c3)C(=O)[C@@H]12. The minimum absolute atomic E-state index is 0.188. The second-order valence-corrected chi connectivity index (χ2v) is 7.11. The number of fused-ring (bicyclic) bond motifs is 5. The molecule has 2 saturated heterocycles. The molecule has 4 rings (SSSR count). The van der Waals surface area contributed by atoms with Gasteiger partial charge in [0.1, 0.15) is 0 Å². The van der Waals surface area contributed by atoms with Crippen molar-refractivity contribution in [2.45, 2.75) is 31.2 Å². The van der Waals surface area contributed by atoms with Gasteiger partial charge in [0.25, 0.3) is 0 Å². The van der Waals surface area contributed by atoms with E-state index in [1.807, 2.05) is 0 Å². The van der Waals surface area contributed by atoms with Crippen LogP contribution in [0.25, 0.3) is 0 Å². The van der Waals surface area contributed by atoms with Gasteiger partial charge in [0.15, 0.2) is 0 Å². The van der Waals surface area contributed by atoms with E-state index >= 15 is 0 Å². The van der Waals surface area contributed by atoms with E-state index in [9.17, 15) is 22.8 Å². The fraction of sp³-hybridized carbons (Fsp3) is 0.389. The topological polar surface area (TPSA) is 70.4 Å². The summed E-state index contributed by atoms with van der Waals surface area (Å²) in [5.74, 6) is -2.74. The number of carbonyl (C=O) groups is 2. The van der Waals surface area contributed by atoms with Gasteiger partial charge < -0.3 is 4.74 Å². The number of benzene rings is 1. The molecule has 3 heterocycles. The predicted octanol–water partition coefficient (Wildman–Crippen LogP) is 2.80. The van der Waals surface area contributed by atoms with Crippen LogP contribution in [-0.4, -0.2) is 23.0 Å². The van der Waals surface area contributed by atoms with E-state index in [1.165, 1.54) is 12.1 Å². The zero-order valence-electron chi connectivity index (χ0n) is 13.8. The smallest absolute Gasteiger partial charge is 0.359 e. The first-order chi connectivity index (χ1) is 12.0. The maximum Gasteiger partial charge on any atom is 0.417 e. The maximum absolute atomic E-state index is 13.2. The molecule has 0 aliphatic carbocycles. The predicted molar refractivity (Wildman–Crippen MR) is 82.7 cm³/mol. The molecule has 3 aliphatic heterocycles. The summed E-state index contributed by atoms with van der Waals surface area (Å²) < 4.78 is 45.5. The van der Waals surface area contributed by atoms with Crippen molar-refractivity contribution in [3.8, 4) is 6.07 Å². The van der Waals surface area contributed by atoms with E-state index < -0.39 is 52.2 Å². The summed E-state index contributed by atoms with van der Waals surface area (Å²) in [5.41, 5.74) is -3.84. The Bertz CT molecular complexity index is 897. The highest BCUT2D eigenvalue weighted by Gasteiger charge is 2.70. The fourth-order valence-electron chi connectivity index (χ4n) is 4.29. The van der Waals surface area contributed by atoms with Crippen molar-refractivity contribution in [3.05, 3.63) is 41.5 Å². The third kappa shape index (κ3) is 1.95. The standard InChI is InChI=1S/C18H13F3N2O3/c1-16-5-6-17(2,26-16)13-12(16)14(24)23(15(13)25)10-4-3-9(8-22)11(7-10)18(19,20)21/h3-7,12-13H,1-2H3/t12-,13+,16-,17+. The van der Waals surface area contributed by atoms with Crippen LogP contribution in [0.3, 0.4) is 0 Å². The number of nitriles is 1. The zero-order valence-corrected chi connectivity index (χ0v) is 13.8. The molecule has 0 saturated carbocycles. The number of carbonyl (C=O) groups excluding carboxylic acids is 2. The van der Waals surface area contributed by atoms with E-state index in [2.05, 4.69) is 0 Å². The molecule has 0 aromatic heterocycles. The van der Waals surface area contributed by atoms with Crippen LogP contribution in [0.5, 0.6) is 0 Å². The minimum Gasteiger partial charge on any atom is -0.359 e. The average molecular weight is 362 g/mol. The van der Waals surface area contributed by atoms with E-state index in [0.717, 1.165) is 11.0 Å². The summed E-state index contributed by atoms with van der Waals surface area (Å²) >= 11 is 0. The first-order valence-corrected chi connectivity index (χ1v) is 7.91. The highest BCUT2D eigenvalue weighted by molar-refractivity contribution is 6.23. The van der Waals surface area contributed by atoms with Crippen LogP contribution < -0.4 is 4.90 Å². The third-order valence-corrected chi connectivity index (χ3v) is 5.41. The molecule has 2 bridgehead atoms. The van der Waals surface area contributed by atoms with Gasteiger partial charge in [-0.15, -0.1) is 0 Å². The highest BCUT2D eigenvalue weighted by Crippen LogP contribution is 2.57. The van der Waals surface area contributed by atoms with Crippen molar-refractivity contribution in [3.63, 3.8) is 0 Å². The van der Waals surface area contributed by atoms with Gasteiger partial charge in [-0.3, -0.25) is 9.59 Å². The quantitative estimate of drug-likeness (QED) is 0.569. The van der Waals surface area contributed by atoms with E-state index in [4.69, 9.17) is 10.00 Å². The molecular weight excluding hydrogens is 349 g/mol. The number of hydrogen-bond donors (Lipinski definition) is 0. The number of nitrogens with zero attached hydrogens (tertiary/aromatic N) is 2. The highest BCUT2D eigenvalue weighted by atomic mass is 19.4. The van der Waals surface area contributed by atoms with Crippen molar-refractivity contribution >= 4 is 17.5 Å². The number of anilines is 1. The molecule has 0 spiro atoms. The Morgan fingerprint density at radius 3 is 2.12 bits per heavy atom. The average Bonchev–Trinajstić information content (AvgIpc) is 3.10. The summed E-state index contributed by atoms with van der Waals surface area (Å²) in [7, 11) is 0. The van der Waals surface area contributed by atoms with Gasteiger partial charge in [0.05, 0.1) is 45.9 Å². The number of alkyl halides is 3. The first-order valence-electron chi connectivity index (χ1n) is 7.91. The van der Waals surface area contributed by atoms with Crippen molar-refractivity contribution in [2.75, 3.05) is 4.90 Å². The minimum atomic E-state index is -4.77. The Balaban J connectivity index is 1.81. The van der Waals surface area contributed by atoms with Gasteiger partial charge in [0.2, 0.25) is 11.8 Å². The molecule has 4 atom stereocenters. The molecule has 26 heavy (non-hydrogen) atoms. The number of rotatable bonds is 1. The van der Waals surface area contributed by atoms with E-state index in [-0.39, 0.29) is 5.69 Å². The lowest BCUT2D eigenvalue weighted by molar-refractivity contribution is -0.138. The summed E-state index contributed by atoms with van der Waals surface area (Å²) in [6.45, 7) is 3.38. The van der Waals surface area contributed by atoms with Gasteiger partial charge in [-0.25, -0.2) is 4.90 Å². The molecule has 134 valence electrons. The lowest BCUT2D eigenvalue weighted by Crippen LogP contribution is -2.39. The fourth-order valence-corrected chi connectivity index (χ4v) is 4.29. The van der Waals surface area contributed by atoms with Gasteiger partial charge in [-0.2, -0.15) is 18.4 Å². The monoisotopic (exact) mass is 362 g/mol. The van der Waals surface area contributed by atoms with Crippen molar-refractivity contribution < 1.29 is 27.5 Å². The maximum atomic E-state index is 13.2. The number of halogens is 3. The van der Waals surface area contributed by atoms with Crippen molar-refractivity contribution in [1.29, 1.82) is 5.26 Å². The Hall–Kier alpha value is -2.66. The Labute approximate surface area is 146 Å². The molecule has 0 unspecified atom stereocenters. The van der Waals surface area contributed by atoms with Crippen molar-refractivity contribution in [1.82, 2.24) is 0 Å². The number of amides is 2. The summed E-state index contributed by atoms with van der Waals surface area (Å²) in [5, 5.41) is 8.90. The molecule has 1 aromatic rings. The first kappa shape index (κ1) is 16.8. The molecule has 0 N–H and O–H groups in total. The van der Waals surface area contributed by atoms with Crippen molar-refractivity contribution in [2.24, 2.45) is 11.8 Å². The molecule has 2 fully saturated rings. The van der Waals surface area contributed by atoms with Crippen LogP contribution in [0.1, 0.15) is 25.0 Å². The zero-order chi connectivity index (χ0) is 19.1. The van der Waals surface area contributed by atoms with Crippen LogP contribution in [0.15, 0.2) is 30.4 Å². The van der Waals surface area contributed by atoms with Gasteiger partial charge >= 0.3 is 6.18 Å². The van der Waals surface area contributed by atoms with Crippen LogP contribution >= 0.6 is 0 Å². The van der Waals surface area contributed by atoms with Crippen LogP contribution in [-0.2, 0) is 20.5 Å². The largest absolute Gasteiger partial charge is 0.417 e. The Kier molecular flexibility index (Phi) is 3.06. The molecule has 3 aliphatic rings. The van der Waals surface area contributed by atoms with Gasteiger partial charge in [-0.1, -0.05) is 12.2 Å². The third-order valence-electron chi connectivity index (χ3n) is 5.41. The molecule has 1 aromatic carbocycles. The summed E-state index contributed by atoms with van der Waals surface area (Å²) in [6, 6.07) is 4.31. The Morgan fingerprint density at radius 1 is 1.12 bits per heavy atom. The van der Waals surface area contributed by atoms with Crippen LogP contribution in [0.4, 0.5) is 18.9 Å². The normalized spacial score (nSPS) is 35.2.